The maximum absolute atomic E-state index is 12.9. The Morgan fingerprint density at radius 3 is 2.62 bits per heavy atom. The molecule has 0 radical (unpaired) electrons. The molecule has 0 saturated carbocycles. The van der Waals surface area contributed by atoms with Crippen LogP contribution in [0, 0.1) is 0 Å². The van der Waals surface area contributed by atoms with Gasteiger partial charge in [0.1, 0.15) is 10.6 Å². The van der Waals surface area contributed by atoms with Crippen LogP contribution in [-0.4, -0.2) is 37.0 Å². The third-order valence-electron chi connectivity index (χ3n) is 3.67. The molecule has 9 heteroatoms. The van der Waals surface area contributed by atoms with Crippen molar-refractivity contribution >= 4 is 26.0 Å². The lowest BCUT2D eigenvalue weighted by Gasteiger charge is -2.17. The van der Waals surface area contributed by atoms with Crippen LogP contribution in [0.25, 0.3) is 11.4 Å². The van der Waals surface area contributed by atoms with E-state index < -0.39 is 10.0 Å². The van der Waals surface area contributed by atoms with Crippen molar-refractivity contribution in [3.8, 4) is 17.1 Å². The van der Waals surface area contributed by atoms with E-state index in [0.717, 1.165) is 9.87 Å². The third-order valence-corrected chi connectivity index (χ3v) is 5.99. The molecule has 1 heterocycles. The second-order valence-electron chi connectivity index (χ2n) is 5.43. The van der Waals surface area contributed by atoms with Gasteiger partial charge in [-0.1, -0.05) is 51.4 Å². The van der Waals surface area contributed by atoms with Crippen molar-refractivity contribution in [3.63, 3.8) is 0 Å². The molecular weight excluding hydrogens is 422 g/mol. The lowest BCUT2D eigenvalue weighted by Crippen LogP contribution is -2.27. The minimum absolute atomic E-state index is 0.0553. The van der Waals surface area contributed by atoms with Crippen molar-refractivity contribution in [2.45, 2.75) is 11.4 Å². The van der Waals surface area contributed by atoms with Gasteiger partial charge in [0.25, 0.3) is 0 Å². The average Bonchev–Trinajstić information content (AvgIpc) is 3.11. The number of halogens is 1. The van der Waals surface area contributed by atoms with Gasteiger partial charge < -0.3 is 9.26 Å². The average molecular weight is 438 g/mol. The Balaban J connectivity index is 1.85. The number of methoxy groups -OCH3 is 1. The van der Waals surface area contributed by atoms with Gasteiger partial charge >= 0.3 is 0 Å². The molecule has 0 aliphatic heterocycles. The zero-order chi connectivity index (χ0) is 18.7. The number of hydrogen-bond donors (Lipinski definition) is 0. The van der Waals surface area contributed by atoms with Gasteiger partial charge in [-0.25, -0.2) is 8.42 Å². The van der Waals surface area contributed by atoms with Gasteiger partial charge in [-0.15, -0.1) is 0 Å². The molecule has 0 N–H and O–H groups in total. The highest BCUT2D eigenvalue weighted by molar-refractivity contribution is 9.10. The van der Waals surface area contributed by atoms with Crippen molar-refractivity contribution in [1.82, 2.24) is 14.4 Å². The van der Waals surface area contributed by atoms with Gasteiger partial charge in [-0.3, -0.25) is 0 Å². The molecule has 7 nitrogen and oxygen atoms in total. The number of aromatic nitrogens is 2. The van der Waals surface area contributed by atoms with Crippen molar-refractivity contribution in [1.29, 1.82) is 0 Å². The second kappa shape index (κ2) is 7.56. The first kappa shape index (κ1) is 18.6. The monoisotopic (exact) mass is 437 g/mol. The lowest BCUT2D eigenvalue weighted by atomic mass is 10.2. The topological polar surface area (TPSA) is 85.5 Å². The first-order chi connectivity index (χ1) is 12.4. The van der Waals surface area contributed by atoms with E-state index in [1.807, 2.05) is 30.3 Å². The fourth-order valence-electron chi connectivity index (χ4n) is 2.32. The summed E-state index contributed by atoms with van der Waals surface area (Å²) in [6, 6.07) is 14.1. The largest absolute Gasteiger partial charge is 0.495 e. The number of ether oxygens (including phenoxy) is 1. The van der Waals surface area contributed by atoms with Crippen LogP contribution in [0.2, 0.25) is 0 Å². The number of hydrogen-bond acceptors (Lipinski definition) is 6. The Hall–Kier alpha value is -2.23. The molecule has 136 valence electrons. The van der Waals surface area contributed by atoms with Crippen molar-refractivity contribution in [2.24, 2.45) is 0 Å². The summed E-state index contributed by atoms with van der Waals surface area (Å²) in [6.45, 7) is -0.0577. The normalized spacial score (nSPS) is 11.7. The van der Waals surface area contributed by atoms with Crippen LogP contribution in [0.4, 0.5) is 0 Å². The summed E-state index contributed by atoms with van der Waals surface area (Å²) >= 11 is 3.28. The quantitative estimate of drug-likeness (QED) is 0.587. The maximum atomic E-state index is 12.9. The lowest BCUT2D eigenvalue weighted by molar-refractivity contribution is 0.335. The molecule has 0 atom stereocenters. The molecular formula is C17H16BrN3O4S. The molecule has 0 aliphatic carbocycles. The summed E-state index contributed by atoms with van der Waals surface area (Å²) in [6.07, 6.45) is 0. The van der Waals surface area contributed by atoms with Crippen LogP contribution in [0.15, 0.2) is 62.4 Å². The Kier molecular flexibility index (Phi) is 5.40. The van der Waals surface area contributed by atoms with Crippen molar-refractivity contribution in [3.05, 3.63) is 58.9 Å². The predicted molar refractivity (Wildman–Crippen MR) is 99.1 cm³/mol. The maximum Gasteiger partial charge on any atom is 0.247 e. The summed E-state index contributed by atoms with van der Waals surface area (Å²) in [5, 5.41) is 3.90. The van der Waals surface area contributed by atoms with Gasteiger partial charge in [0.15, 0.2) is 0 Å². The highest BCUT2D eigenvalue weighted by Crippen LogP contribution is 2.30. The molecule has 3 aromatic rings. The molecule has 1 aromatic heterocycles. The van der Waals surface area contributed by atoms with Gasteiger partial charge in [0, 0.05) is 17.1 Å². The molecule has 0 spiro atoms. The summed E-state index contributed by atoms with van der Waals surface area (Å²) in [7, 11) is -0.938. The van der Waals surface area contributed by atoms with Gasteiger partial charge in [0.2, 0.25) is 21.7 Å². The molecule has 0 bridgehead atoms. The van der Waals surface area contributed by atoms with Crippen LogP contribution in [0.1, 0.15) is 5.89 Å². The molecule has 0 amide bonds. The van der Waals surface area contributed by atoms with Crippen molar-refractivity contribution < 1.29 is 17.7 Å². The van der Waals surface area contributed by atoms with E-state index in [1.165, 1.54) is 20.2 Å². The minimum Gasteiger partial charge on any atom is -0.495 e. The van der Waals surface area contributed by atoms with Crippen LogP contribution in [0.3, 0.4) is 0 Å². The Labute approximate surface area is 159 Å². The molecule has 2 aromatic carbocycles. The van der Waals surface area contributed by atoms with E-state index in [1.54, 1.807) is 12.1 Å². The fourth-order valence-corrected chi connectivity index (χ4v) is 4.13. The summed E-state index contributed by atoms with van der Waals surface area (Å²) in [5.74, 6) is 0.867. The highest BCUT2D eigenvalue weighted by Gasteiger charge is 2.27. The van der Waals surface area contributed by atoms with Gasteiger partial charge in [-0.2, -0.15) is 9.29 Å². The molecule has 3 rings (SSSR count). The second-order valence-corrected chi connectivity index (χ2v) is 8.36. The van der Waals surface area contributed by atoms with E-state index in [9.17, 15) is 8.42 Å². The predicted octanol–water partition coefficient (Wildman–Crippen LogP) is 3.33. The van der Waals surface area contributed by atoms with Gasteiger partial charge in [-0.05, 0) is 18.2 Å². The first-order valence-electron chi connectivity index (χ1n) is 7.59. The SMILES string of the molecule is COc1ccc(Br)cc1S(=O)(=O)N(C)Cc1nc(-c2ccccc2)no1. The molecule has 26 heavy (non-hydrogen) atoms. The number of sulfonamides is 1. The zero-order valence-corrected chi connectivity index (χ0v) is 16.5. The van der Waals surface area contributed by atoms with Gasteiger partial charge in [0.05, 0.1) is 13.7 Å². The van der Waals surface area contributed by atoms with Crippen LogP contribution in [-0.2, 0) is 16.6 Å². The zero-order valence-electron chi connectivity index (χ0n) is 14.1. The van der Waals surface area contributed by atoms with Crippen LogP contribution < -0.4 is 4.74 Å². The van der Waals surface area contributed by atoms with Crippen LogP contribution in [0.5, 0.6) is 5.75 Å². The third kappa shape index (κ3) is 3.79. The van der Waals surface area contributed by atoms with E-state index in [2.05, 4.69) is 26.1 Å². The summed E-state index contributed by atoms with van der Waals surface area (Å²) < 4.78 is 37.9. The Bertz CT molecular complexity index is 1010. The van der Waals surface area contributed by atoms with Crippen molar-refractivity contribution in [2.75, 3.05) is 14.2 Å². The minimum atomic E-state index is -3.81. The standard InChI is InChI=1S/C17H16BrN3O4S/c1-21(26(22,23)15-10-13(18)8-9-14(15)24-2)11-16-19-17(20-25-16)12-6-4-3-5-7-12/h3-10H,11H2,1-2H3. The molecule has 0 fully saturated rings. The Morgan fingerprint density at radius 2 is 1.92 bits per heavy atom. The van der Waals surface area contributed by atoms with E-state index in [-0.39, 0.29) is 23.1 Å². The van der Waals surface area contributed by atoms with E-state index in [4.69, 9.17) is 9.26 Å². The highest BCUT2D eigenvalue weighted by atomic mass is 79.9. The summed E-state index contributed by atoms with van der Waals surface area (Å²) in [4.78, 5) is 4.32. The number of benzene rings is 2. The number of rotatable bonds is 6. The van der Waals surface area contributed by atoms with E-state index in [0.29, 0.717) is 10.3 Å². The first-order valence-corrected chi connectivity index (χ1v) is 9.83. The molecule has 0 saturated heterocycles. The molecule has 0 aliphatic rings. The van der Waals surface area contributed by atoms with Crippen LogP contribution >= 0.6 is 15.9 Å². The summed E-state index contributed by atoms with van der Waals surface area (Å²) in [5.41, 5.74) is 0.793. The van der Waals surface area contributed by atoms with E-state index >= 15 is 0 Å². The Morgan fingerprint density at radius 1 is 1.19 bits per heavy atom. The molecule has 0 unspecified atom stereocenters. The smallest absolute Gasteiger partial charge is 0.247 e. The fraction of sp³-hybridized carbons (Fsp3) is 0.176. The number of nitrogens with zero attached hydrogens (tertiary/aromatic N) is 3.